The number of anilines is 1. The lowest BCUT2D eigenvalue weighted by molar-refractivity contribution is -0.136. The second-order valence-electron chi connectivity index (χ2n) is 6.90. The highest BCUT2D eigenvalue weighted by molar-refractivity contribution is 6.06. The van der Waals surface area contributed by atoms with Crippen LogP contribution >= 0.6 is 0 Å². The number of amides is 3. The topological polar surface area (TPSA) is 90.5 Å². The molecule has 0 bridgehead atoms. The number of hydrogen-bond acceptors (Lipinski definition) is 5. The molecule has 0 spiro atoms. The lowest BCUT2D eigenvalue weighted by Crippen LogP contribution is -2.52. The number of hydrogen-bond donors (Lipinski definition) is 3. The predicted molar refractivity (Wildman–Crippen MR) is 92.0 cm³/mol. The highest BCUT2D eigenvalue weighted by Crippen LogP contribution is 2.33. The average Bonchev–Trinajstić information content (AvgIpc) is 2.94. The van der Waals surface area contributed by atoms with Gasteiger partial charge in [0.15, 0.2) is 0 Å². The summed E-state index contributed by atoms with van der Waals surface area (Å²) in [5.41, 5.74) is 2.59. The van der Waals surface area contributed by atoms with Crippen LogP contribution in [0.1, 0.15) is 41.6 Å². The number of piperidine rings is 2. The van der Waals surface area contributed by atoms with E-state index in [1.807, 2.05) is 18.2 Å². The summed E-state index contributed by atoms with van der Waals surface area (Å²) in [5.74, 6) is -0.762. The molecular formula is C18H22N4O3. The number of nitrogens with one attached hydrogen (secondary N) is 3. The second-order valence-corrected chi connectivity index (χ2v) is 6.90. The summed E-state index contributed by atoms with van der Waals surface area (Å²) >= 11 is 0. The molecule has 3 aliphatic heterocycles. The van der Waals surface area contributed by atoms with E-state index in [0.29, 0.717) is 24.6 Å². The molecule has 1 aromatic rings. The molecule has 1 aromatic carbocycles. The van der Waals surface area contributed by atoms with E-state index in [9.17, 15) is 14.4 Å². The Morgan fingerprint density at radius 2 is 1.88 bits per heavy atom. The first-order valence-corrected chi connectivity index (χ1v) is 8.87. The largest absolute Gasteiger partial charge is 0.382 e. The molecule has 0 aliphatic carbocycles. The molecule has 0 radical (unpaired) electrons. The standard InChI is InChI=1S/C18H22N4O3/c23-16-5-4-15(17(24)21-16)22-10-13-12(18(22)25)2-1-3-14(13)20-11-6-8-19-9-7-11/h1-3,11,15,19-20H,4-10H2,(H,21,23,24). The minimum Gasteiger partial charge on any atom is -0.382 e. The van der Waals surface area contributed by atoms with Gasteiger partial charge in [-0.1, -0.05) is 6.07 Å². The number of rotatable bonds is 3. The molecule has 7 nitrogen and oxygen atoms in total. The predicted octanol–water partition coefficient (Wildman–Crippen LogP) is 0.611. The Hall–Kier alpha value is -2.41. The van der Waals surface area contributed by atoms with E-state index in [1.54, 1.807) is 4.90 Å². The molecule has 3 heterocycles. The molecule has 0 aromatic heterocycles. The van der Waals surface area contributed by atoms with Crippen LogP contribution in [0.5, 0.6) is 0 Å². The van der Waals surface area contributed by atoms with Crippen LogP contribution < -0.4 is 16.0 Å². The van der Waals surface area contributed by atoms with Gasteiger partial charge in [0.25, 0.3) is 5.91 Å². The van der Waals surface area contributed by atoms with Gasteiger partial charge in [-0.2, -0.15) is 0 Å². The zero-order valence-corrected chi connectivity index (χ0v) is 14.0. The molecule has 0 saturated carbocycles. The number of nitrogens with zero attached hydrogens (tertiary/aromatic N) is 1. The van der Waals surface area contributed by atoms with Gasteiger partial charge < -0.3 is 15.5 Å². The van der Waals surface area contributed by atoms with Crippen molar-refractivity contribution in [3.8, 4) is 0 Å². The molecule has 1 unspecified atom stereocenters. The Morgan fingerprint density at radius 1 is 1.08 bits per heavy atom. The van der Waals surface area contributed by atoms with Crippen LogP contribution in [0.4, 0.5) is 5.69 Å². The molecule has 3 N–H and O–H groups in total. The third-order valence-electron chi connectivity index (χ3n) is 5.28. The van der Waals surface area contributed by atoms with Gasteiger partial charge in [-0.15, -0.1) is 0 Å². The fraction of sp³-hybridized carbons (Fsp3) is 0.500. The summed E-state index contributed by atoms with van der Waals surface area (Å²) in [6.07, 6.45) is 2.76. The number of benzene rings is 1. The van der Waals surface area contributed by atoms with E-state index in [-0.39, 0.29) is 24.1 Å². The minimum absolute atomic E-state index is 0.126. The Kier molecular flexibility index (Phi) is 4.17. The summed E-state index contributed by atoms with van der Waals surface area (Å²) in [6.45, 7) is 2.40. The van der Waals surface area contributed by atoms with Crippen molar-refractivity contribution in [2.45, 2.75) is 44.3 Å². The molecule has 132 valence electrons. The molecular weight excluding hydrogens is 320 g/mol. The van der Waals surface area contributed by atoms with Crippen molar-refractivity contribution in [3.05, 3.63) is 29.3 Å². The van der Waals surface area contributed by atoms with Gasteiger partial charge >= 0.3 is 0 Å². The van der Waals surface area contributed by atoms with E-state index in [0.717, 1.165) is 37.2 Å². The smallest absolute Gasteiger partial charge is 0.255 e. The summed E-state index contributed by atoms with van der Waals surface area (Å²) in [4.78, 5) is 37.9. The lowest BCUT2D eigenvalue weighted by Gasteiger charge is -2.29. The van der Waals surface area contributed by atoms with Gasteiger partial charge in [0.2, 0.25) is 11.8 Å². The number of imide groups is 1. The molecule has 25 heavy (non-hydrogen) atoms. The van der Waals surface area contributed by atoms with Gasteiger partial charge in [-0.05, 0) is 44.5 Å². The van der Waals surface area contributed by atoms with E-state index >= 15 is 0 Å². The molecule has 4 rings (SSSR count). The second kappa shape index (κ2) is 6.48. The number of fused-ring (bicyclic) bond motifs is 1. The third-order valence-corrected chi connectivity index (χ3v) is 5.28. The maximum atomic E-state index is 12.8. The lowest BCUT2D eigenvalue weighted by atomic mass is 10.0. The first-order chi connectivity index (χ1) is 12.1. The molecule has 7 heteroatoms. The highest BCUT2D eigenvalue weighted by Gasteiger charge is 2.39. The third kappa shape index (κ3) is 3.00. The monoisotopic (exact) mass is 342 g/mol. The van der Waals surface area contributed by atoms with Gasteiger partial charge in [-0.25, -0.2) is 0 Å². The number of carbonyl (C=O) groups is 3. The highest BCUT2D eigenvalue weighted by atomic mass is 16.2. The Balaban J connectivity index is 1.55. The van der Waals surface area contributed by atoms with Crippen LogP contribution in [-0.4, -0.2) is 47.8 Å². The van der Waals surface area contributed by atoms with Crippen LogP contribution in [0.2, 0.25) is 0 Å². The van der Waals surface area contributed by atoms with Crippen molar-refractivity contribution in [2.24, 2.45) is 0 Å². The van der Waals surface area contributed by atoms with Crippen molar-refractivity contribution in [3.63, 3.8) is 0 Å². The van der Waals surface area contributed by atoms with Crippen LogP contribution in [0, 0.1) is 0 Å². The SMILES string of the molecule is O=C1CCC(N2Cc3c(NC4CCNCC4)cccc3C2=O)C(=O)N1. The van der Waals surface area contributed by atoms with Gasteiger partial charge in [0, 0.05) is 35.8 Å². The van der Waals surface area contributed by atoms with E-state index in [2.05, 4.69) is 16.0 Å². The van der Waals surface area contributed by atoms with E-state index in [4.69, 9.17) is 0 Å². The first kappa shape index (κ1) is 16.1. The maximum Gasteiger partial charge on any atom is 0.255 e. The van der Waals surface area contributed by atoms with Gasteiger partial charge in [-0.3, -0.25) is 19.7 Å². The van der Waals surface area contributed by atoms with Crippen LogP contribution in [0.15, 0.2) is 18.2 Å². The Labute approximate surface area is 146 Å². The zero-order valence-electron chi connectivity index (χ0n) is 14.0. The molecule has 3 amide bonds. The minimum atomic E-state index is -0.565. The Morgan fingerprint density at radius 3 is 2.64 bits per heavy atom. The van der Waals surface area contributed by atoms with Gasteiger partial charge in [0.1, 0.15) is 6.04 Å². The summed E-state index contributed by atoms with van der Waals surface area (Å²) in [5, 5.41) is 9.25. The summed E-state index contributed by atoms with van der Waals surface area (Å²) in [7, 11) is 0. The fourth-order valence-corrected chi connectivity index (χ4v) is 3.91. The quantitative estimate of drug-likeness (QED) is 0.700. The van der Waals surface area contributed by atoms with Crippen LogP contribution in [-0.2, 0) is 16.1 Å². The zero-order chi connectivity index (χ0) is 17.4. The molecule has 3 aliphatic rings. The van der Waals surface area contributed by atoms with Crippen molar-refractivity contribution < 1.29 is 14.4 Å². The molecule has 1 atom stereocenters. The van der Waals surface area contributed by atoms with Crippen molar-refractivity contribution in [1.82, 2.24) is 15.5 Å². The summed E-state index contributed by atoms with van der Waals surface area (Å²) in [6, 6.07) is 5.53. The van der Waals surface area contributed by atoms with Crippen LogP contribution in [0.3, 0.4) is 0 Å². The summed E-state index contributed by atoms with van der Waals surface area (Å²) < 4.78 is 0. The normalized spacial score (nSPS) is 24.2. The van der Waals surface area contributed by atoms with Crippen molar-refractivity contribution in [1.29, 1.82) is 0 Å². The first-order valence-electron chi connectivity index (χ1n) is 8.87. The van der Waals surface area contributed by atoms with Gasteiger partial charge in [0.05, 0.1) is 0 Å². The molecule has 2 fully saturated rings. The number of carbonyl (C=O) groups excluding carboxylic acids is 3. The van der Waals surface area contributed by atoms with Crippen molar-refractivity contribution >= 4 is 23.4 Å². The fourth-order valence-electron chi connectivity index (χ4n) is 3.91. The molecule has 2 saturated heterocycles. The van der Waals surface area contributed by atoms with Crippen molar-refractivity contribution in [2.75, 3.05) is 18.4 Å². The van der Waals surface area contributed by atoms with Crippen LogP contribution in [0.25, 0.3) is 0 Å². The van der Waals surface area contributed by atoms with E-state index < -0.39 is 6.04 Å². The maximum absolute atomic E-state index is 12.8. The van der Waals surface area contributed by atoms with E-state index in [1.165, 1.54) is 0 Å². The average molecular weight is 342 g/mol. The Bertz CT molecular complexity index is 727.